The van der Waals surface area contributed by atoms with Gasteiger partial charge in [0.05, 0.1) is 16.0 Å². The Kier molecular flexibility index (Phi) is 7.18. The van der Waals surface area contributed by atoms with Crippen molar-refractivity contribution in [1.82, 2.24) is 10.2 Å². The number of ether oxygens (including phenoxy) is 1. The summed E-state index contributed by atoms with van der Waals surface area (Å²) in [6, 6.07) is 10.9. The maximum absolute atomic E-state index is 14.8. The van der Waals surface area contributed by atoms with E-state index in [0.717, 1.165) is 23.8 Å². The van der Waals surface area contributed by atoms with Gasteiger partial charge in [-0.1, -0.05) is 52.9 Å². The van der Waals surface area contributed by atoms with Crippen molar-refractivity contribution in [3.8, 4) is 0 Å². The highest BCUT2D eigenvalue weighted by molar-refractivity contribution is 14.1. The van der Waals surface area contributed by atoms with Gasteiger partial charge in [0.1, 0.15) is 17.2 Å². The molecule has 1 unspecified atom stereocenters. The van der Waals surface area contributed by atoms with E-state index in [0.29, 0.717) is 0 Å². The van der Waals surface area contributed by atoms with Crippen molar-refractivity contribution in [2.75, 3.05) is 0 Å². The first kappa shape index (κ1) is 23.4. The average molecular weight is 542 g/mol. The molecule has 1 heterocycles. The Morgan fingerprint density at radius 2 is 1.87 bits per heavy atom. The van der Waals surface area contributed by atoms with Gasteiger partial charge in [0.2, 0.25) is 5.91 Å². The summed E-state index contributed by atoms with van der Waals surface area (Å²) in [7, 11) is 0. The minimum absolute atomic E-state index is 0.0219. The quantitative estimate of drug-likeness (QED) is 0.431. The van der Waals surface area contributed by atoms with E-state index in [1.54, 1.807) is 20.8 Å². The summed E-state index contributed by atoms with van der Waals surface area (Å²) in [5.41, 5.74) is 0.148. The van der Waals surface area contributed by atoms with Crippen molar-refractivity contribution in [1.29, 1.82) is 0 Å². The largest absolute Gasteiger partial charge is 0.444 e. The summed E-state index contributed by atoms with van der Waals surface area (Å²) in [6.07, 6.45) is -0.401. The molecule has 0 spiro atoms. The number of hydrogen-bond donors (Lipinski definition) is 1. The van der Waals surface area contributed by atoms with Crippen molar-refractivity contribution in [2.45, 2.75) is 55.3 Å². The molecule has 0 aromatic heterocycles. The number of carbonyl (C=O) groups excluding carboxylic acids is 2. The van der Waals surface area contributed by atoms with E-state index in [1.165, 1.54) is 4.90 Å². The lowest BCUT2D eigenvalue weighted by molar-refractivity contribution is -0.137. The molecule has 166 valence electrons. The van der Waals surface area contributed by atoms with Crippen LogP contribution in [-0.4, -0.2) is 32.5 Å². The lowest BCUT2D eigenvalue weighted by Gasteiger charge is -2.43. The number of alkyl carbamates (subject to hydrolysis) is 1. The minimum atomic E-state index is -0.887. The zero-order valence-corrected chi connectivity index (χ0v) is 19.7. The Labute approximate surface area is 194 Å². The van der Waals surface area contributed by atoms with E-state index in [1.807, 2.05) is 52.9 Å². The topological polar surface area (TPSA) is 58.6 Å². The molecule has 2 aromatic rings. The van der Waals surface area contributed by atoms with Crippen LogP contribution in [0.1, 0.15) is 44.4 Å². The zero-order chi connectivity index (χ0) is 22.8. The van der Waals surface area contributed by atoms with Gasteiger partial charge in [-0.15, -0.1) is 0 Å². The predicted octanol–water partition coefficient (Wildman–Crippen LogP) is 5.14. The first-order chi connectivity index (χ1) is 14.5. The predicted molar refractivity (Wildman–Crippen MR) is 122 cm³/mol. The van der Waals surface area contributed by atoms with Gasteiger partial charge in [0.15, 0.2) is 0 Å². The first-order valence-electron chi connectivity index (χ1n) is 9.98. The molecule has 1 N–H and O–H groups in total. The van der Waals surface area contributed by atoms with Gasteiger partial charge in [-0.2, -0.15) is 0 Å². The van der Waals surface area contributed by atoms with Crippen LogP contribution < -0.4 is 5.32 Å². The van der Waals surface area contributed by atoms with Crippen LogP contribution in [0.4, 0.5) is 13.6 Å². The third-order valence-corrected chi connectivity index (χ3v) is 5.94. The molecule has 2 amide bonds. The Bertz CT molecular complexity index is 950. The lowest BCUT2D eigenvalue weighted by Crippen LogP contribution is -2.56. The summed E-state index contributed by atoms with van der Waals surface area (Å²) in [6.45, 7) is 5.42. The fourth-order valence-electron chi connectivity index (χ4n) is 3.67. The second-order valence-electron chi connectivity index (χ2n) is 8.52. The van der Waals surface area contributed by atoms with Crippen molar-refractivity contribution in [3.05, 3.63) is 71.3 Å². The molecule has 3 rings (SSSR count). The van der Waals surface area contributed by atoms with Crippen LogP contribution in [0.5, 0.6) is 0 Å². The molecular formula is C23H25F2IN2O3. The summed E-state index contributed by atoms with van der Waals surface area (Å²) in [4.78, 5) is 27.1. The third-order valence-electron chi connectivity index (χ3n) is 4.90. The van der Waals surface area contributed by atoms with Crippen LogP contribution >= 0.6 is 22.6 Å². The molecule has 0 saturated carbocycles. The molecule has 1 saturated heterocycles. The number of carbonyl (C=O) groups is 2. The van der Waals surface area contributed by atoms with E-state index in [-0.39, 0.29) is 24.4 Å². The van der Waals surface area contributed by atoms with Crippen LogP contribution in [0.15, 0.2) is 48.5 Å². The summed E-state index contributed by atoms with van der Waals surface area (Å²) in [5, 5.41) is 2.79. The van der Waals surface area contributed by atoms with Gasteiger partial charge in [0, 0.05) is 12.1 Å². The minimum Gasteiger partial charge on any atom is -0.444 e. The summed E-state index contributed by atoms with van der Waals surface area (Å²) >= 11 is 2.02. The number of nitrogens with zero attached hydrogens (tertiary/aromatic N) is 1. The molecule has 5 nitrogen and oxygen atoms in total. The monoisotopic (exact) mass is 542 g/mol. The Morgan fingerprint density at radius 3 is 2.52 bits per heavy atom. The fourth-order valence-corrected chi connectivity index (χ4v) is 4.57. The Hall–Kier alpha value is -2.23. The number of likely N-dealkylation sites (tertiary alicyclic amines) is 1. The normalized spacial score (nSPS) is 21.7. The third kappa shape index (κ3) is 5.93. The van der Waals surface area contributed by atoms with E-state index < -0.39 is 39.3 Å². The molecule has 0 aliphatic carbocycles. The van der Waals surface area contributed by atoms with Gasteiger partial charge in [0.25, 0.3) is 0 Å². The number of piperidine rings is 1. The molecule has 1 fully saturated rings. The number of hydrogen-bond acceptors (Lipinski definition) is 3. The van der Waals surface area contributed by atoms with Crippen molar-refractivity contribution >= 4 is 34.6 Å². The summed E-state index contributed by atoms with van der Waals surface area (Å²) < 4.78 is 33.8. The lowest BCUT2D eigenvalue weighted by atomic mass is 9.89. The molecule has 0 bridgehead atoms. The SMILES string of the molecule is CC(C)(C)OC(=O)N[C@H]1CC(I)C(=O)N(Cc2ccccc2)[C@@H]1c1cc(F)ccc1F. The zero-order valence-electron chi connectivity index (χ0n) is 17.6. The van der Waals surface area contributed by atoms with Crippen LogP contribution in [0.3, 0.4) is 0 Å². The van der Waals surface area contributed by atoms with Crippen LogP contribution in [0.25, 0.3) is 0 Å². The molecule has 1 aliphatic heterocycles. The number of halogens is 3. The highest BCUT2D eigenvalue weighted by Crippen LogP contribution is 2.37. The molecule has 31 heavy (non-hydrogen) atoms. The van der Waals surface area contributed by atoms with E-state index in [4.69, 9.17) is 4.74 Å². The summed E-state index contributed by atoms with van der Waals surface area (Å²) in [5.74, 6) is -1.45. The number of alkyl halides is 1. The number of nitrogens with one attached hydrogen (secondary N) is 1. The van der Waals surface area contributed by atoms with Gasteiger partial charge in [-0.05, 0) is 51.0 Å². The molecule has 0 radical (unpaired) electrons. The Balaban J connectivity index is 2.02. The number of benzene rings is 2. The molecule has 3 atom stereocenters. The van der Waals surface area contributed by atoms with E-state index in [9.17, 15) is 18.4 Å². The maximum atomic E-state index is 14.8. The number of rotatable bonds is 4. The van der Waals surface area contributed by atoms with Crippen LogP contribution in [0.2, 0.25) is 0 Å². The fraction of sp³-hybridized carbons (Fsp3) is 0.391. The highest BCUT2D eigenvalue weighted by Gasteiger charge is 2.43. The van der Waals surface area contributed by atoms with Crippen LogP contribution in [-0.2, 0) is 16.1 Å². The average Bonchev–Trinajstić information content (AvgIpc) is 2.67. The van der Waals surface area contributed by atoms with Crippen molar-refractivity contribution < 1.29 is 23.1 Å². The highest BCUT2D eigenvalue weighted by atomic mass is 127. The molecule has 8 heteroatoms. The first-order valence-corrected chi connectivity index (χ1v) is 11.2. The van der Waals surface area contributed by atoms with Gasteiger partial charge >= 0.3 is 6.09 Å². The van der Waals surface area contributed by atoms with Gasteiger partial charge in [-0.3, -0.25) is 4.79 Å². The molecule has 1 aliphatic rings. The van der Waals surface area contributed by atoms with Crippen molar-refractivity contribution in [2.24, 2.45) is 0 Å². The second-order valence-corrected chi connectivity index (χ2v) is 10.0. The molecule has 2 aromatic carbocycles. The van der Waals surface area contributed by atoms with Crippen molar-refractivity contribution in [3.63, 3.8) is 0 Å². The molecular weight excluding hydrogens is 517 g/mol. The van der Waals surface area contributed by atoms with E-state index >= 15 is 0 Å². The van der Waals surface area contributed by atoms with Gasteiger partial charge in [-0.25, -0.2) is 13.6 Å². The smallest absolute Gasteiger partial charge is 0.407 e. The Morgan fingerprint density at radius 1 is 1.19 bits per heavy atom. The number of amides is 2. The van der Waals surface area contributed by atoms with Gasteiger partial charge < -0.3 is 15.0 Å². The van der Waals surface area contributed by atoms with E-state index in [2.05, 4.69) is 5.32 Å². The maximum Gasteiger partial charge on any atom is 0.407 e. The standard InChI is InChI=1S/C23H25F2IN2O3/c1-23(2,3)31-22(30)27-19-12-18(26)21(29)28(13-14-7-5-4-6-8-14)20(19)16-11-15(24)9-10-17(16)25/h4-11,18-20H,12-13H2,1-3H3,(H,27,30)/t18?,19-,20+/m0/s1. The van der Waals surface area contributed by atoms with Crippen LogP contribution in [0, 0.1) is 11.6 Å². The second kappa shape index (κ2) is 9.50.